The Morgan fingerprint density at radius 1 is 1.03 bits per heavy atom. The van der Waals surface area contributed by atoms with Crippen LogP contribution in [0.1, 0.15) is 25.2 Å². The number of nitrogens with one attached hydrogen (secondary N) is 1. The molecule has 7 nitrogen and oxygen atoms in total. The van der Waals surface area contributed by atoms with Gasteiger partial charge >= 0.3 is 7.60 Å². The van der Waals surface area contributed by atoms with E-state index in [1.807, 2.05) is 54.6 Å². The van der Waals surface area contributed by atoms with E-state index in [4.69, 9.17) is 20.6 Å². The summed E-state index contributed by atoms with van der Waals surface area (Å²) in [6.45, 7) is 3.72. The number of rotatable bonds is 11. The first-order chi connectivity index (χ1) is 15.9. The Morgan fingerprint density at radius 3 is 2.30 bits per heavy atom. The van der Waals surface area contributed by atoms with Gasteiger partial charge in [-0.1, -0.05) is 59.8 Å². The van der Waals surface area contributed by atoms with Gasteiger partial charge < -0.3 is 14.4 Å². The van der Waals surface area contributed by atoms with Crippen molar-refractivity contribution in [3.8, 4) is 0 Å². The summed E-state index contributed by atoms with van der Waals surface area (Å²) < 4.78 is 25.1. The van der Waals surface area contributed by atoms with E-state index < -0.39 is 18.3 Å². The van der Waals surface area contributed by atoms with Gasteiger partial charge in [-0.15, -0.1) is 0 Å². The maximum absolute atomic E-state index is 13.8. The highest BCUT2D eigenvalue weighted by molar-refractivity contribution is 7.99. The SMILES string of the molecule is CCOP(=O)(OCC)C(Nc1ccccc1Sc1ccccc1)c1ccc(Cl)c([N+](=O)[O-])c1. The standard InChI is InChI=1S/C23H24ClN2O5PS/c1-3-30-32(29,31-4-2)23(17-14-15-19(24)21(16-17)26(27)28)25-20-12-8-9-13-22(20)33-18-10-6-5-7-11-18/h5-16,23,25H,3-4H2,1-2H3. The lowest BCUT2D eigenvalue weighted by Crippen LogP contribution is -2.16. The second-order valence-corrected chi connectivity index (χ2v) is 10.4. The van der Waals surface area contributed by atoms with Crippen LogP contribution in [0.5, 0.6) is 0 Å². The molecule has 0 saturated carbocycles. The summed E-state index contributed by atoms with van der Waals surface area (Å²) in [5.41, 5.74) is 0.775. The van der Waals surface area contributed by atoms with E-state index in [-0.39, 0.29) is 23.9 Å². The third-order valence-electron chi connectivity index (χ3n) is 4.57. The van der Waals surface area contributed by atoms with Crippen LogP contribution in [0.25, 0.3) is 0 Å². The summed E-state index contributed by atoms with van der Waals surface area (Å²) in [6, 6.07) is 21.7. The molecule has 3 aromatic carbocycles. The molecule has 1 unspecified atom stereocenters. The zero-order valence-electron chi connectivity index (χ0n) is 18.1. The normalized spacial score (nSPS) is 12.3. The molecule has 0 amide bonds. The molecule has 0 aliphatic carbocycles. The Labute approximate surface area is 202 Å². The third-order valence-corrected chi connectivity index (χ3v) is 8.27. The minimum Gasteiger partial charge on any atom is -0.367 e. The van der Waals surface area contributed by atoms with Crippen LogP contribution in [-0.4, -0.2) is 18.1 Å². The van der Waals surface area contributed by atoms with E-state index >= 15 is 0 Å². The fourth-order valence-electron chi connectivity index (χ4n) is 3.17. The van der Waals surface area contributed by atoms with Crippen LogP contribution in [0.4, 0.5) is 11.4 Å². The van der Waals surface area contributed by atoms with E-state index in [1.54, 1.807) is 19.9 Å². The number of nitro benzene ring substituents is 1. The predicted molar refractivity (Wildman–Crippen MR) is 132 cm³/mol. The molecule has 0 heterocycles. The molecule has 0 radical (unpaired) electrons. The number of anilines is 1. The molecule has 0 aliphatic heterocycles. The molecule has 174 valence electrons. The van der Waals surface area contributed by atoms with E-state index in [0.29, 0.717) is 11.3 Å². The summed E-state index contributed by atoms with van der Waals surface area (Å²) in [4.78, 5) is 12.8. The van der Waals surface area contributed by atoms with Crippen molar-refractivity contribution in [3.05, 3.63) is 93.5 Å². The lowest BCUT2D eigenvalue weighted by molar-refractivity contribution is -0.384. The van der Waals surface area contributed by atoms with E-state index in [1.165, 1.54) is 23.9 Å². The van der Waals surface area contributed by atoms with Gasteiger partial charge in [0, 0.05) is 21.5 Å². The number of hydrogen-bond donors (Lipinski definition) is 1. The van der Waals surface area contributed by atoms with Crippen LogP contribution in [0, 0.1) is 10.1 Å². The maximum Gasteiger partial charge on any atom is 0.357 e. The molecular formula is C23H24ClN2O5PS. The average Bonchev–Trinajstić information content (AvgIpc) is 2.80. The first-order valence-electron chi connectivity index (χ1n) is 10.3. The van der Waals surface area contributed by atoms with Gasteiger partial charge in [0.15, 0.2) is 5.78 Å². The molecular weight excluding hydrogens is 483 g/mol. The summed E-state index contributed by atoms with van der Waals surface area (Å²) in [5.74, 6) is -0.995. The first kappa shape index (κ1) is 25.3. The lowest BCUT2D eigenvalue weighted by Gasteiger charge is -2.29. The highest BCUT2D eigenvalue weighted by atomic mass is 35.5. The highest BCUT2D eigenvalue weighted by Gasteiger charge is 2.38. The lowest BCUT2D eigenvalue weighted by atomic mass is 10.2. The molecule has 0 aliphatic rings. The Bertz CT molecular complexity index is 1140. The molecule has 0 aromatic heterocycles. The van der Waals surface area contributed by atoms with Gasteiger partial charge in [0.05, 0.1) is 18.1 Å². The summed E-state index contributed by atoms with van der Waals surface area (Å²) in [6.07, 6.45) is 0. The maximum atomic E-state index is 13.8. The molecule has 0 spiro atoms. The number of para-hydroxylation sites is 1. The Hall–Kier alpha value is -2.35. The molecule has 33 heavy (non-hydrogen) atoms. The number of benzene rings is 3. The molecule has 3 rings (SSSR count). The summed E-state index contributed by atoms with van der Waals surface area (Å²) in [7, 11) is -3.77. The van der Waals surface area contributed by atoms with E-state index in [9.17, 15) is 14.7 Å². The van der Waals surface area contributed by atoms with Crippen LogP contribution in [0.2, 0.25) is 5.02 Å². The summed E-state index contributed by atoms with van der Waals surface area (Å²) in [5, 5.41) is 14.8. The number of halogens is 1. The topological polar surface area (TPSA) is 90.7 Å². The molecule has 0 saturated heterocycles. The summed E-state index contributed by atoms with van der Waals surface area (Å²) >= 11 is 7.55. The van der Waals surface area contributed by atoms with Crippen molar-refractivity contribution in [2.75, 3.05) is 18.5 Å². The average molecular weight is 507 g/mol. The van der Waals surface area contributed by atoms with Gasteiger partial charge in [0.1, 0.15) is 5.02 Å². The van der Waals surface area contributed by atoms with Crippen LogP contribution >= 0.6 is 31.0 Å². The quantitative estimate of drug-likeness (QED) is 0.161. The molecule has 1 atom stereocenters. The molecule has 0 fully saturated rings. The minimum absolute atomic E-state index is 0.00909. The van der Waals surface area contributed by atoms with E-state index in [2.05, 4.69) is 5.32 Å². The largest absolute Gasteiger partial charge is 0.367 e. The van der Waals surface area contributed by atoms with Gasteiger partial charge in [-0.2, -0.15) is 0 Å². The minimum atomic E-state index is -3.77. The van der Waals surface area contributed by atoms with Crippen molar-refractivity contribution in [1.29, 1.82) is 0 Å². The smallest absolute Gasteiger partial charge is 0.357 e. The van der Waals surface area contributed by atoms with Crippen LogP contribution in [0.15, 0.2) is 82.6 Å². The first-order valence-corrected chi connectivity index (χ1v) is 13.1. The van der Waals surface area contributed by atoms with Crippen molar-refractivity contribution in [3.63, 3.8) is 0 Å². The van der Waals surface area contributed by atoms with Crippen molar-refractivity contribution in [2.24, 2.45) is 0 Å². The van der Waals surface area contributed by atoms with Crippen molar-refractivity contribution >= 4 is 42.3 Å². The third kappa shape index (κ3) is 6.37. The van der Waals surface area contributed by atoms with Crippen LogP contribution < -0.4 is 5.32 Å². The van der Waals surface area contributed by atoms with Gasteiger partial charge in [0.2, 0.25) is 0 Å². The number of hydrogen-bond acceptors (Lipinski definition) is 7. The highest BCUT2D eigenvalue weighted by Crippen LogP contribution is 2.61. The Morgan fingerprint density at radius 2 is 1.67 bits per heavy atom. The number of nitro groups is 1. The molecule has 1 N–H and O–H groups in total. The van der Waals surface area contributed by atoms with Gasteiger partial charge in [-0.05, 0) is 49.7 Å². The van der Waals surface area contributed by atoms with Crippen molar-refractivity contribution in [2.45, 2.75) is 29.4 Å². The number of nitrogens with zero attached hydrogens (tertiary/aromatic N) is 1. The zero-order chi connectivity index (χ0) is 23.8. The zero-order valence-corrected chi connectivity index (χ0v) is 20.6. The monoisotopic (exact) mass is 506 g/mol. The predicted octanol–water partition coefficient (Wildman–Crippen LogP) is 7.78. The van der Waals surface area contributed by atoms with Crippen LogP contribution in [0.3, 0.4) is 0 Å². The fraction of sp³-hybridized carbons (Fsp3) is 0.217. The van der Waals surface area contributed by atoms with Crippen molar-refractivity contribution in [1.82, 2.24) is 0 Å². The van der Waals surface area contributed by atoms with Gasteiger partial charge in [-0.25, -0.2) is 0 Å². The van der Waals surface area contributed by atoms with Crippen molar-refractivity contribution < 1.29 is 18.5 Å². The Kier molecular flexibility index (Phi) is 8.95. The second-order valence-electron chi connectivity index (χ2n) is 6.80. The molecule has 3 aromatic rings. The van der Waals surface area contributed by atoms with E-state index in [0.717, 1.165) is 9.79 Å². The molecule has 10 heteroatoms. The van der Waals surface area contributed by atoms with Gasteiger partial charge in [0.25, 0.3) is 5.69 Å². The van der Waals surface area contributed by atoms with Gasteiger partial charge in [-0.3, -0.25) is 14.7 Å². The second kappa shape index (κ2) is 11.7. The fourth-order valence-corrected chi connectivity index (χ4v) is 6.20. The molecule has 0 bridgehead atoms. The Balaban J connectivity index is 2.07. The van der Waals surface area contributed by atoms with Crippen LogP contribution in [-0.2, 0) is 13.6 Å².